The Bertz CT molecular complexity index is 155. The number of hydrogen-bond acceptors (Lipinski definition) is 3. The van der Waals surface area contributed by atoms with Crippen molar-refractivity contribution < 1.29 is 9.90 Å². The molecule has 2 atom stereocenters. The van der Waals surface area contributed by atoms with Crippen LogP contribution < -0.4 is 10.6 Å². The minimum absolute atomic E-state index is 0.00153. The Balaban J connectivity index is 2.27. The van der Waals surface area contributed by atoms with E-state index >= 15 is 0 Å². The maximum Gasteiger partial charge on any atom is 0.237 e. The summed E-state index contributed by atoms with van der Waals surface area (Å²) in [5, 5.41) is 14.5. The Morgan fingerprint density at radius 2 is 2.58 bits per heavy atom. The summed E-state index contributed by atoms with van der Waals surface area (Å²) < 4.78 is 0. The molecule has 1 aliphatic heterocycles. The largest absolute Gasteiger partial charge is 0.394 e. The van der Waals surface area contributed by atoms with Crippen molar-refractivity contribution in [2.24, 2.45) is 0 Å². The fourth-order valence-electron chi connectivity index (χ4n) is 1.30. The lowest BCUT2D eigenvalue weighted by atomic mass is 10.2. The Morgan fingerprint density at radius 3 is 3.08 bits per heavy atom. The number of carbonyl (C=O) groups is 1. The van der Waals surface area contributed by atoms with Crippen molar-refractivity contribution in [2.45, 2.75) is 31.8 Å². The highest BCUT2D eigenvalue weighted by atomic mass is 16.3. The van der Waals surface area contributed by atoms with Gasteiger partial charge in [-0.25, -0.2) is 0 Å². The van der Waals surface area contributed by atoms with Gasteiger partial charge in [-0.1, -0.05) is 0 Å². The van der Waals surface area contributed by atoms with Crippen molar-refractivity contribution in [3.05, 3.63) is 0 Å². The van der Waals surface area contributed by atoms with E-state index in [2.05, 4.69) is 10.6 Å². The SMILES string of the molecule is C[C@@H](CO)NC(=O)[C@H]1CCCN1. The van der Waals surface area contributed by atoms with E-state index in [9.17, 15) is 4.79 Å². The topological polar surface area (TPSA) is 61.4 Å². The van der Waals surface area contributed by atoms with Crippen molar-refractivity contribution in [1.82, 2.24) is 10.6 Å². The molecular weight excluding hydrogens is 156 g/mol. The molecule has 1 amide bonds. The van der Waals surface area contributed by atoms with E-state index in [1.165, 1.54) is 0 Å². The van der Waals surface area contributed by atoms with E-state index in [1.54, 1.807) is 6.92 Å². The van der Waals surface area contributed by atoms with Gasteiger partial charge in [0.15, 0.2) is 0 Å². The molecule has 0 aromatic rings. The van der Waals surface area contributed by atoms with Crippen LogP contribution in [0.4, 0.5) is 0 Å². The van der Waals surface area contributed by atoms with Gasteiger partial charge in [-0.05, 0) is 26.3 Å². The van der Waals surface area contributed by atoms with Crippen LogP contribution in [0.5, 0.6) is 0 Å². The fourth-order valence-corrected chi connectivity index (χ4v) is 1.30. The molecule has 1 fully saturated rings. The van der Waals surface area contributed by atoms with Gasteiger partial charge in [0.2, 0.25) is 5.91 Å². The van der Waals surface area contributed by atoms with Gasteiger partial charge in [-0.3, -0.25) is 4.79 Å². The molecule has 70 valence electrons. The molecule has 0 spiro atoms. The van der Waals surface area contributed by atoms with Crippen molar-refractivity contribution in [3.8, 4) is 0 Å². The Hall–Kier alpha value is -0.610. The maximum absolute atomic E-state index is 11.3. The number of carbonyl (C=O) groups excluding carboxylic acids is 1. The molecular formula is C8H16N2O2. The molecule has 0 radical (unpaired) electrons. The van der Waals surface area contributed by atoms with Gasteiger partial charge in [-0.15, -0.1) is 0 Å². The van der Waals surface area contributed by atoms with Crippen LogP contribution in [0.1, 0.15) is 19.8 Å². The van der Waals surface area contributed by atoms with Crippen LogP contribution in [-0.4, -0.2) is 36.2 Å². The first-order chi connectivity index (χ1) is 5.74. The molecule has 4 nitrogen and oxygen atoms in total. The Kier molecular flexibility index (Phi) is 3.49. The minimum atomic E-state index is -0.139. The summed E-state index contributed by atoms with van der Waals surface area (Å²) in [6, 6.07) is -0.182. The van der Waals surface area contributed by atoms with Crippen molar-refractivity contribution in [3.63, 3.8) is 0 Å². The average molecular weight is 172 g/mol. The standard InChI is InChI=1S/C8H16N2O2/c1-6(5-11)10-8(12)7-3-2-4-9-7/h6-7,9,11H,2-5H2,1H3,(H,10,12)/t6-,7+/m0/s1. The summed E-state index contributed by atoms with van der Waals surface area (Å²) in [5.74, 6) is 0.00838. The van der Waals surface area contributed by atoms with Gasteiger partial charge in [0.05, 0.1) is 12.6 Å². The molecule has 1 heterocycles. The van der Waals surface area contributed by atoms with Gasteiger partial charge >= 0.3 is 0 Å². The summed E-state index contributed by atoms with van der Waals surface area (Å²) >= 11 is 0. The van der Waals surface area contributed by atoms with Crippen molar-refractivity contribution >= 4 is 5.91 Å². The molecule has 1 rings (SSSR count). The number of nitrogens with one attached hydrogen (secondary N) is 2. The highest BCUT2D eigenvalue weighted by Crippen LogP contribution is 2.04. The third-order valence-electron chi connectivity index (χ3n) is 2.04. The zero-order chi connectivity index (χ0) is 8.97. The zero-order valence-electron chi connectivity index (χ0n) is 7.34. The van der Waals surface area contributed by atoms with Crippen LogP contribution in [0.15, 0.2) is 0 Å². The highest BCUT2D eigenvalue weighted by molar-refractivity contribution is 5.82. The molecule has 0 aliphatic carbocycles. The lowest BCUT2D eigenvalue weighted by Gasteiger charge is -2.14. The maximum atomic E-state index is 11.3. The molecule has 3 N–H and O–H groups in total. The number of aliphatic hydroxyl groups is 1. The highest BCUT2D eigenvalue weighted by Gasteiger charge is 2.22. The monoisotopic (exact) mass is 172 g/mol. The zero-order valence-corrected chi connectivity index (χ0v) is 7.34. The third-order valence-corrected chi connectivity index (χ3v) is 2.04. The van der Waals surface area contributed by atoms with Crippen LogP contribution in [0.25, 0.3) is 0 Å². The summed E-state index contributed by atoms with van der Waals surface area (Å²) in [5.41, 5.74) is 0. The average Bonchev–Trinajstić information content (AvgIpc) is 2.56. The predicted molar refractivity (Wildman–Crippen MR) is 45.7 cm³/mol. The van der Waals surface area contributed by atoms with Crippen LogP contribution in [0.2, 0.25) is 0 Å². The van der Waals surface area contributed by atoms with Gasteiger partial charge in [0.1, 0.15) is 0 Å². The van der Waals surface area contributed by atoms with Gasteiger partial charge in [0, 0.05) is 6.04 Å². The second-order valence-electron chi connectivity index (χ2n) is 3.24. The first-order valence-electron chi connectivity index (χ1n) is 4.38. The van der Waals surface area contributed by atoms with Gasteiger partial charge < -0.3 is 15.7 Å². The lowest BCUT2D eigenvalue weighted by molar-refractivity contribution is -0.123. The van der Waals surface area contributed by atoms with E-state index in [4.69, 9.17) is 5.11 Å². The molecule has 12 heavy (non-hydrogen) atoms. The van der Waals surface area contributed by atoms with Crippen LogP contribution in [0, 0.1) is 0 Å². The van der Waals surface area contributed by atoms with E-state index in [1.807, 2.05) is 0 Å². The quantitative estimate of drug-likeness (QED) is 0.524. The first-order valence-corrected chi connectivity index (χ1v) is 4.38. The summed E-state index contributed by atoms with van der Waals surface area (Å²) in [6.45, 7) is 2.71. The molecule has 0 aromatic heterocycles. The van der Waals surface area contributed by atoms with E-state index in [-0.39, 0.29) is 24.6 Å². The van der Waals surface area contributed by atoms with Crippen LogP contribution in [0.3, 0.4) is 0 Å². The Morgan fingerprint density at radius 1 is 1.83 bits per heavy atom. The van der Waals surface area contributed by atoms with Gasteiger partial charge in [0.25, 0.3) is 0 Å². The van der Waals surface area contributed by atoms with E-state index in [0.29, 0.717) is 0 Å². The third kappa shape index (κ3) is 2.46. The fraction of sp³-hybridized carbons (Fsp3) is 0.875. The molecule has 0 aromatic carbocycles. The number of amides is 1. The lowest BCUT2D eigenvalue weighted by Crippen LogP contribution is -2.45. The second-order valence-corrected chi connectivity index (χ2v) is 3.24. The molecule has 0 bridgehead atoms. The predicted octanol–water partition coefficient (Wildman–Crippen LogP) is -0.765. The molecule has 4 heteroatoms. The number of rotatable bonds is 3. The van der Waals surface area contributed by atoms with Crippen LogP contribution >= 0.6 is 0 Å². The van der Waals surface area contributed by atoms with Crippen molar-refractivity contribution in [2.75, 3.05) is 13.2 Å². The van der Waals surface area contributed by atoms with E-state index < -0.39 is 0 Å². The molecule has 0 saturated carbocycles. The summed E-state index contributed by atoms with van der Waals surface area (Å²) in [4.78, 5) is 11.3. The van der Waals surface area contributed by atoms with Crippen LogP contribution in [-0.2, 0) is 4.79 Å². The molecule has 1 saturated heterocycles. The van der Waals surface area contributed by atoms with Crippen molar-refractivity contribution in [1.29, 1.82) is 0 Å². The van der Waals surface area contributed by atoms with Gasteiger partial charge in [-0.2, -0.15) is 0 Å². The van der Waals surface area contributed by atoms with E-state index in [0.717, 1.165) is 19.4 Å². The first kappa shape index (κ1) is 9.48. The summed E-state index contributed by atoms with van der Waals surface area (Å²) in [6.07, 6.45) is 1.97. The smallest absolute Gasteiger partial charge is 0.237 e. The second kappa shape index (κ2) is 4.42. The number of aliphatic hydroxyl groups excluding tert-OH is 1. The summed E-state index contributed by atoms with van der Waals surface area (Å²) in [7, 11) is 0. The Labute approximate surface area is 72.3 Å². The normalized spacial score (nSPS) is 25.3. The number of hydrogen-bond donors (Lipinski definition) is 3. The molecule has 0 unspecified atom stereocenters. The molecule has 1 aliphatic rings. The minimum Gasteiger partial charge on any atom is -0.394 e.